The summed E-state index contributed by atoms with van der Waals surface area (Å²) in [6.07, 6.45) is 1.44. The molecule has 134 valence electrons. The van der Waals surface area contributed by atoms with Crippen LogP contribution in [0.5, 0.6) is 0 Å². The van der Waals surface area contributed by atoms with Gasteiger partial charge in [0.1, 0.15) is 11.3 Å². The van der Waals surface area contributed by atoms with Crippen LogP contribution in [0.2, 0.25) is 5.02 Å². The summed E-state index contributed by atoms with van der Waals surface area (Å²) in [5.74, 6) is 0.678. The predicted octanol–water partition coefficient (Wildman–Crippen LogP) is 5.38. The Labute approximate surface area is 152 Å². The average molecular weight is 363 g/mol. The van der Waals surface area contributed by atoms with E-state index < -0.39 is 5.60 Å². The Hall–Kier alpha value is -2.01. The lowest BCUT2D eigenvalue weighted by Crippen LogP contribution is -2.36. The molecule has 25 heavy (non-hydrogen) atoms. The Morgan fingerprint density at radius 3 is 2.88 bits per heavy atom. The zero-order chi connectivity index (χ0) is 18.2. The van der Waals surface area contributed by atoms with Crippen LogP contribution in [0.4, 0.5) is 4.79 Å². The molecule has 2 aromatic rings. The van der Waals surface area contributed by atoms with Gasteiger partial charge in [0.05, 0.1) is 6.04 Å². The number of aromatic nitrogens is 1. The lowest BCUT2D eigenvalue weighted by Gasteiger charge is -2.27. The van der Waals surface area contributed by atoms with Crippen molar-refractivity contribution >= 4 is 17.7 Å². The van der Waals surface area contributed by atoms with Crippen LogP contribution in [-0.4, -0.2) is 28.3 Å². The average Bonchev–Trinajstić information content (AvgIpc) is 3.16. The van der Waals surface area contributed by atoms with E-state index in [0.29, 0.717) is 17.3 Å². The number of carbonyl (C=O) groups is 1. The van der Waals surface area contributed by atoms with Gasteiger partial charge in [0.2, 0.25) is 0 Å². The van der Waals surface area contributed by atoms with E-state index in [9.17, 15) is 4.79 Å². The fourth-order valence-corrected chi connectivity index (χ4v) is 3.23. The van der Waals surface area contributed by atoms with Crippen LogP contribution >= 0.6 is 11.6 Å². The highest BCUT2D eigenvalue weighted by molar-refractivity contribution is 6.31. The first kappa shape index (κ1) is 17.8. The lowest BCUT2D eigenvalue weighted by atomic mass is 10.0. The molecule has 1 amide bonds. The molecule has 0 aliphatic carbocycles. The number of nitrogens with zero attached hydrogens (tertiary/aromatic N) is 2. The SMILES string of the molecule is Cc1c(Cl)cccc1-c1cc([C@@H]2CCCN2C(=O)OC(C)(C)C)on1. The Morgan fingerprint density at radius 1 is 1.40 bits per heavy atom. The number of benzene rings is 1. The molecule has 0 saturated carbocycles. The molecule has 1 aromatic heterocycles. The van der Waals surface area contributed by atoms with Crippen LogP contribution in [0.1, 0.15) is 51.0 Å². The van der Waals surface area contributed by atoms with Crippen LogP contribution < -0.4 is 0 Å². The third kappa shape index (κ3) is 3.82. The molecule has 1 aromatic carbocycles. The third-order valence-electron chi connectivity index (χ3n) is 4.28. The molecule has 2 heterocycles. The van der Waals surface area contributed by atoms with E-state index in [4.69, 9.17) is 20.9 Å². The van der Waals surface area contributed by atoms with Crippen molar-refractivity contribution in [2.24, 2.45) is 0 Å². The van der Waals surface area contributed by atoms with Crippen molar-refractivity contribution in [3.63, 3.8) is 0 Å². The molecule has 3 rings (SSSR count). The monoisotopic (exact) mass is 362 g/mol. The van der Waals surface area contributed by atoms with E-state index in [1.54, 1.807) is 4.90 Å². The highest BCUT2D eigenvalue weighted by Crippen LogP contribution is 2.36. The van der Waals surface area contributed by atoms with Gasteiger partial charge in [-0.25, -0.2) is 4.79 Å². The maximum Gasteiger partial charge on any atom is 0.410 e. The predicted molar refractivity (Wildman–Crippen MR) is 96.6 cm³/mol. The topological polar surface area (TPSA) is 55.6 Å². The summed E-state index contributed by atoms with van der Waals surface area (Å²) < 4.78 is 11.1. The number of rotatable bonds is 2. The summed E-state index contributed by atoms with van der Waals surface area (Å²) in [5, 5.41) is 4.88. The Balaban J connectivity index is 1.84. The number of hydrogen-bond donors (Lipinski definition) is 0. The molecule has 1 saturated heterocycles. The molecular formula is C19H23ClN2O3. The fourth-order valence-electron chi connectivity index (χ4n) is 3.06. The molecule has 1 atom stereocenters. The van der Waals surface area contributed by atoms with Crippen molar-refractivity contribution in [3.05, 3.63) is 40.6 Å². The zero-order valence-corrected chi connectivity index (χ0v) is 15.8. The highest BCUT2D eigenvalue weighted by Gasteiger charge is 2.35. The molecule has 0 N–H and O–H groups in total. The van der Waals surface area contributed by atoms with Crippen molar-refractivity contribution in [2.75, 3.05) is 6.54 Å². The normalized spacial score (nSPS) is 17.8. The maximum absolute atomic E-state index is 12.4. The summed E-state index contributed by atoms with van der Waals surface area (Å²) in [7, 11) is 0. The van der Waals surface area contributed by atoms with Crippen molar-refractivity contribution in [3.8, 4) is 11.3 Å². The van der Waals surface area contributed by atoms with Gasteiger partial charge in [-0.2, -0.15) is 0 Å². The first-order valence-corrected chi connectivity index (χ1v) is 8.86. The third-order valence-corrected chi connectivity index (χ3v) is 4.69. The van der Waals surface area contributed by atoms with E-state index in [-0.39, 0.29) is 12.1 Å². The summed E-state index contributed by atoms with van der Waals surface area (Å²) >= 11 is 6.20. The van der Waals surface area contributed by atoms with Gasteiger partial charge < -0.3 is 9.26 Å². The molecule has 5 nitrogen and oxygen atoms in total. The van der Waals surface area contributed by atoms with Gasteiger partial charge in [-0.1, -0.05) is 28.9 Å². The molecule has 0 radical (unpaired) electrons. The Bertz CT molecular complexity index is 779. The van der Waals surface area contributed by atoms with Crippen LogP contribution in [0.25, 0.3) is 11.3 Å². The van der Waals surface area contributed by atoms with E-state index >= 15 is 0 Å². The van der Waals surface area contributed by atoms with Gasteiger partial charge in [0.25, 0.3) is 0 Å². The number of carbonyl (C=O) groups excluding carboxylic acids is 1. The molecular weight excluding hydrogens is 340 g/mol. The van der Waals surface area contributed by atoms with Crippen molar-refractivity contribution in [1.29, 1.82) is 0 Å². The van der Waals surface area contributed by atoms with E-state index in [0.717, 1.165) is 29.7 Å². The minimum Gasteiger partial charge on any atom is -0.444 e. The number of halogens is 1. The summed E-state index contributed by atoms with van der Waals surface area (Å²) in [6, 6.07) is 7.45. The molecule has 6 heteroatoms. The van der Waals surface area contributed by atoms with Crippen LogP contribution in [0.3, 0.4) is 0 Å². The number of likely N-dealkylation sites (tertiary alicyclic amines) is 1. The van der Waals surface area contributed by atoms with Crippen LogP contribution in [-0.2, 0) is 4.74 Å². The summed E-state index contributed by atoms with van der Waals surface area (Å²) in [6.45, 7) is 8.21. The largest absolute Gasteiger partial charge is 0.444 e. The minimum atomic E-state index is -0.519. The molecule has 1 aliphatic rings. The first-order valence-electron chi connectivity index (χ1n) is 8.48. The second-order valence-electron chi connectivity index (χ2n) is 7.36. The van der Waals surface area contributed by atoms with Gasteiger partial charge in [-0.05, 0) is 52.2 Å². The summed E-state index contributed by atoms with van der Waals surface area (Å²) in [4.78, 5) is 14.2. The van der Waals surface area contributed by atoms with Crippen LogP contribution in [0, 0.1) is 6.92 Å². The lowest BCUT2D eigenvalue weighted by molar-refractivity contribution is 0.0204. The number of amides is 1. The van der Waals surface area contributed by atoms with E-state index in [1.165, 1.54) is 0 Å². The molecule has 1 fully saturated rings. The quantitative estimate of drug-likeness (QED) is 0.720. The number of hydrogen-bond acceptors (Lipinski definition) is 4. The molecule has 0 unspecified atom stereocenters. The van der Waals surface area contributed by atoms with Gasteiger partial charge >= 0.3 is 6.09 Å². The van der Waals surface area contributed by atoms with Crippen LogP contribution in [0.15, 0.2) is 28.8 Å². The minimum absolute atomic E-state index is 0.143. The van der Waals surface area contributed by atoms with Gasteiger partial charge in [0.15, 0.2) is 5.76 Å². The van der Waals surface area contributed by atoms with Crippen molar-refractivity contribution in [2.45, 2.75) is 52.2 Å². The second kappa shape index (κ2) is 6.71. The summed E-state index contributed by atoms with van der Waals surface area (Å²) in [5.41, 5.74) is 2.10. The molecule has 1 aliphatic heterocycles. The zero-order valence-electron chi connectivity index (χ0n) is 15.0. The molecule has 0 spiro atoms. The maximum atomic E-state index is 12.4. The second-order valence-corrected chi connectivity index (χ2v) is 7.77. The van der Waals surface area contributed by atoms with E-state index in [1.807, 2.05) is 52.0 Å². The first-order chi connectivity index (χ1) is 11.8. The Morgan fingerprint density at radius 2 is 2.16 bits per heavy atom. The van der Waals surface area contributed by atoms with Gasteiger partial charge in [-0.15, -0.1) is 0 Å². The van der Waals surface area contributed by atoms with Gasteiger partial charge in [-0.3, -0.25) is 4.90 Å². The van der Waals surface area contributed by atoms with Gasteiger partial charge in [0, 0.05) is 23.2 Å². The van der Waals surface area contributed by atoms with Crippen molar-refractivity contribution in [1.82, 2.24) is 10.1 Å². The smallest absolute Gasteiger partial charge is 0.410 e. The van der Waals surface area contributed by atoms with E-state index in [2.05, 4.69) is 5.16 Å². The number of ether oxygens (including phenoxy) is 1. The molecule has 0 bridgehead atoms. The standard InChI is InChI=1S/C19H23ClN2O3/c1-12-13(7-5-8-14(12)20)15-11-17(25-21-15)16-9-6-10-22(16)18(23)24-19(2,3)4/h5,7-8,11,16H,6,9-10H2,1-4H3/t16-/m0/s1. The van der Waals surface area contributed by atoms with Crippen molar-refractivity contribution < 1.29 is 14.1 Å². The fraction of sp³-hybridized carbons (Fsp3) is 0.474. The Kier molecular flexibility index (Phi) is 4.78. The highest BCUT2D eigenvalue weighted by atomic mass is 35.5.